The normalized spacial score (nSPS) is 23.9. The third-order valence-electron chi connectivity index (χ3n) is 7.94. The number of hydrogen-bond acceptors (Lipinski definition) is 7. The zero-order chi connectivity index (χ0) is 28.2. The average molecular weight is 546 g/mol. The number of nitrogens with zero attached hydrogens (tertiary/aromatic N) is 3. The third kappa shape index (κ3) is 6.84. The molecule has 4 rings (SSSR count). The summed E-state index contributed by atoms with van der Waals surface area (Å²) in [6, 6.07) is 5.14. The van der Waals surface area contributed by atoms with Crippen LogP contribution in [0.1, 0.15) is 71.3 Å². The van der Waals surface area contributed by atoms with Crippen LogP contribution >= 0.6 is 0 Å². The zero-order valence-corrected chi connectivity index (χ0v) is 23.7. The number of rotatable bonds is 13. The fourth-order valence-corrected chi connectivity index (χ4v) is 6.02. The summed E-state index contributed by atoms with van der Waals surface area (Å²) in [5.74, 6) is -0.830. The summed E-state index contributed by atoms with van der Waals surface area (Å²) in [6.07, 6.45) is 3.50. The third-order valence-corrected chi connectivity index (χ3v) is 7.94. The van der Waals surface area contributed by atoms with Crippen LogP contribution in [-0.2, 0) is 19.2 Å². The molecule has 3 atom stereocenters. The first-order valence-corrected chi connectivity index (χ1v) is 14.2. The highest BCUT2D eigenvalue weighted by molar-refractivity contribution is 5.79. The number of aliphatic carboxylic acids is 1. The Morgan fingerprint density at radius 2 is 1.95 bits per heavy atom. The van der Waals surface area contributed by atoms with Crippen LogP contribution in [0.25, 0.3) is 0 Å². The first-order chi connectivity index (χ1) is 18.6. The second kappa shape index (κ2) is 12.6. The SMILES string of the molecule is CCCCN(OCCC)C(=O)CN1C[C@H](c2ccc3c(c2)OCO3)[C@@H](C(=O)O)[C@@H]1CCN1CC(C)(C)CC1=O. The Balaban J connectivity index is 1.58. The van der Waals surface area contributed by atoms with Crippen LogP contribution < -0.4 is 9.47 Å². The highest BCUT2D eigenvalue weighted by Gasteiger charge is 2.48. The average Bonchev–Trinajstić information content (AvgIpc) is 3.56. The van der Waals surface area contributed by atoms with E-state index >= 15 is 0 Å². The number of likely N-dealkylation sites (tertiary alicyclic amines) is 2. The van der Waals surface area contributed by atoms with Crippen molar-refractivity contribution in [3.05, 3.63) is 23.8 Å². The van der Waals surface area contributed by atoms with E-state index in [9.17, 15) is 19.5 Å². The molecular formula is C29H43N3O7. The highest BCUT2D eigenvalue weighted by atomic mass is 16.7. The van der Waals surface area contributed by atoms with E-state index in [0.29, 0.717) is 57.1 Å². The number of fused-ring (bicyclic) bond motifs is 1. The molecule has 0 aromatic heterocycles. The van der Waals surface area contributed by atoms with Crippen LogP contribution in [0.15, 0.2) is 18.2 Å². The van der Waals surface area contributed by atoms with Crippen LogP contribution in [0.4, 0.5) is 0 Å². The summed E-state index contributed by atoms with van der Waals surface area (Å²) >= 11 is 0. The Labute approximate surface area is 231 Å². The minimum atomic E-state index is -0.907. The molecule has 3 heterocycles. The first-order valence-electron chi connectivity index (χ1n) is 14.2. The van der Waals surface area contributed by atoms with Crippen molar-refractivity contribution in [3.8, 4) is 11.5 Å². The van der Waals surface area contributed by atoms with Gasteiger partial charge in [-0.1, -0.05) is 40.2 Å². The van der Waals surface area contributed by atoms with Crippen molar-refractivity contribution in [1.29, 1.82) is 0 Å². The van der Waals surface area contributed by atoms with Crippen LogP contribution in [-0.4, -0.2) is 89.9 Å². The highest BCUT2D eigenvalue weighted by Crippen LogP contribution is 2.43. The molecule has 3 aliphatic heterocycles. The molecule has 216 valence electrons. The summed E-state index contributed by atoms with van der Waals surface area (Å²) in [7, 11) is 0. The van der Waals surface area contributed by atoms with Gasteiger partial charge in [-0.15, -0.1) is 0 Å². The molecule has 10 nitrogen and oxygen atoms in total. The van der Waals surface area contributed by atoms with E-state index in [4.69, 9.17) is 14.3 Å². The topological polar surface area (TPSA) is 109 Å². The number of carbonyl (C=O) groups is 3. The summed E-state index contributed by atoms with van der Waals surface area (Å²) in [5, 5.41) is 11.9. The Kier molecular flexibility index (Phi) is 9.38. The maximum Gasteiger partial charge on any atom is 0.308 e. The van der Waals surface area contributed by atoms with E-state index in [-0.39, 0.29) is 36.5 Å². The molecule has 0 saturated carbocycles. The summed E-state index contributed by atoms with van der Waals surface area (Å²) in [6.45, 7) is 10.9. The molecule has 0 spiro atoms. The van der Waals surface area contributed by atoms with Crippen molar-refractivity contribution in [2.45, 2.75) is 71.8 Å². The lowest BCUT2D eigenvalue weighted by Gasteiger charge is -2.30. The van der Waals surface area contributed by atoms with Crippen molar-refractivity contribution in [2.24, 2.45) is 11.3 Å². The van der Waals surface area contributed by atoms with Crippen molar-refractivity contribution in [3.63, 3.8) is 0 Å². The Bertz CT molecular complexity index is 1040. The monoisotopic (exact) mass is 545 g/mol. The van der Waals surface area contributed by atoms with Crippen LogP contribution in [0.5, 0.6) is 11.5 Å². The van der Waals surface area contributed by atoms with Gasteiger partial charge in [0.05, 0.1) is 19.1 Å². The van der Waals surface area contributed by atoms with Gasteiger partial charge in [-0.2, -0.15) is 0 Å². The Hall–Kier alpha value is -2.85. The van der Waals surface area contributed by atoms with E-state index in [1.54, 1.807) is 0 Å². The fourth-order valence-electron chi connectivity index (χ4n) is 6.02. The molecule has 0 unspecified atom stereocenters. The number of carboxylic acids is 1. The van der Waals surface area contributed by atoms with Gasteiger partial charge in [0, 0.05) is 44.6 Å². The number of hydrogen-bond donors (Lipinski definition) is 1. The second-order valence-corrected chi connectivity index (χ2v) is 11.7. The van der Waals surface area contributed by atoms with Crippen LogP contribution in [0, 0.1) is 11.3 Å². The molecule has 2 saturated heterocycles. The van der Waals surface area contributed by atoms with Gasteiger partial charge in [0.2, 0.25) is 12.7 Å². The maximum atomic E-state index is 13.4. The molecule has 0 aliphatic carbocycles. The molecule has 39 heavy (non-hydrogen) atoms. The van der Waals surface area contributed by atoms with E-state index in [2.05, 4.69) is 20.8 Å². The number of unbranched alkanes of at least 4 members (excludes halogenated alkanes) is 1. The lowest BCUT2D eigenvalue weighted by molar-refractivity contribution is -0.188. The summed E-state index contributed by atoms with van der Waals surface area (Å²) < 4.78 is 11.0. The molecule has 10 heteroatoms. The minimum absolute atomic E-state index is 0.0579. The van der Waals surface area contributed by atoms with Gasteiger partial charge in [0.15, 0.2) is 11.5 Å². The van der Waals surface area contributed by atoms with Crippen molar-refractivity contribution < 1.29 is 33.8 Å². The van der Waals surface area contributed by atoms with Crippen LogP contribution in [0.2, 0.25) is 0 Å². The van der Waals surface area contributed by atoms with Gasteiger partial charge < -0.3 is 19.5 Å². The van der Waals surface area contributed by atoms with Gasteiger partial charge in [-0.05, 0) is 42.4 Å². The number of hydroxylamine groups is 2. The molecule has 2 amide bonds. The quantitative estimate of drug-likeness (QED) is 0.375. The fraction of sp³-hybridized carbons (Fsp3) is 0.690. The number of benzene rings is 1. The number of carboxylic acid groups (broad SMARTS) is 1. The lowest BCUT2D eigenvalue weighted by Crippen LogP contribution is -2.45. The van der Waals surface area contributed by atoms with Crippen LogP contribution in [0.3, 0.4) is 0 Å². The Morgan fingerprint density at radius 1 is 1.18 bits per heavy atom. The largest absolute Gasteiger partial charge is 0.481 e. The van der Waals surface area contributed by atoms with E-state index < -0.39 is 17.9 Å². The second-order valence-electron chi connectivity index (χ2n) is 11.7. The molecule has 1 N–H and O–H groups in total. The minimum Gasteiger partial charge on any atom is -0.481 e. The standard InChI is InChI=1S/C29H43N3O7/c1-5-7-11-32(39-13-6-2)26(34)17-31-16-21(20-8-9-23-24(14-20)38-19-37-23)27(28(35)36)22(31)10-12-30-18-29(3,4)15-25(30)33/h8-9,14,21-22,27H,5-7,10-13,15-19H2,1-4H3,(H,35,36)/t21-,22+,27-/m1/s1. The Morgan fingerprint density at radius 3 is 2.62 bits per heavy atom. The van der Waals surface area contributed by atoms with E-state index in [1.165, 1.54) is 5.06 Å². The van der Waals surface area contributed by atoms with Crippen molar-refractivity contribution in [1.82, 2.24) is 14.9 Å². The molecule has 0 radical (unpaired) electrons. The van der Waals surface area contributed by atoms with E-state index in [0.717, 1.165) is 24.8 Å². The van der Waals surface area contributed by atoms with Gasteiger partial charge in [0.25, 0.3) is 5.91 Å². The van der Waals surface area contributed by atoms with Gasteiger partial charge in [0.1, 0.15) is 0 Å². The molecule has 1 aromatic carbocycles. The van der Waals surface area contributed by atoms with Gasteiger partial charge >= 0.3 is 5.97 Å². The molecular weight excluding hydrogens is 502 g/mol. The number of carbonyl (C=O) groups excluding carboxylic acids is 2. The zero-order valence-electron chi connectivity index (χ0n) is 23.7. The van der Waals surface area contributed by atoms with Crippen molar-refractivity contribution >= 4 is 17.8 Å². The number of amides is 2. The predicted octanol–water partition coefficient (Wildman–Crippen LogP) is 3.50. The molecule has 1 aromatic rings. The smallest absolute Gasteiger partial charge is 0.308 e. The summed E-state index contributed by atoms with van der Waals surface area (Å²) in [5.41, 5.74) is 0.745. The number of ether oxygens (including phenoxy) is 2. The van der Waals surface area contributed by atoms with E-state index in [1.807, 2.05) is 34.9 Å². The molecule has 3 aliphatic rings. The molecule has 2 fully saturated rings. The predicted molar refractivity (Wildman–Crippen MR) is 144 cm³/mol. The maximum absolute atomic E-state index is 13.4. The van der Waals surface area contributed by atoms with Crippen molar-refractivity contribution in [2.75, 3.05) is 46.1 Å². The molecule has 0 bridgehead atoms. The van der Waals surface area contributed by atoms with Gasteiger partial charge in [-0.25, -0.2) is 5.06 Å². The first kappa shape index (κ1) is 29.1. The van der Waals surface area contributed by atoms with Gasteiger partial charge in [-0.3, -0.25) is 24.1 Å². The summed E-state index contributed by atoms with van der Waals surface area (Å²) in [4.78, 5) is 48.4. The lowest BCUT2D eigenvalue weighted by atomic mass is 9.84.